The number of aryl methyl sites for hydroxylation is 1. The van der Waals surface area contributed by atoms with Gasteiger partial charge in [-0.1, -0.05) is 67.2 Å². The molecule has 0 aliphatic carbocycles. The number of aromatic carboxylic acids is 1. The zero-order valence-corrected chi connectivity index (χ0v) is 24.1. The highest BCUT2D eigenvalue weighted by Crippen LogP contribution is 2.30. The third-order valence-corrected chi connectivity index (χ3v) is 8.74. The molecule has 0 aliphatic rings. The van der Waals surface area contributed by atoms with Crippen molar-refractivity contribution in [2.24, 2.45) is 0 Å². The molecule has 0 unspecified atom stereocenters. The number of nitrogens with zero attached hydrogens (tertiary/aromatic N) is 1. The highest BCUT2D eigenvalue weighted by Gasteiger charge is 2.14. The zero-order chi connectivity index (χ0) is 29.3. The van der Waals surface area contributed by atoms with E-state index in [9.17, 15) is 18.3 Å². The van der Waals surface area contributed by atoms with Crippen LogP contribution >= 0.6 is 0 Å². The average molecular weight is 565 g/mol. The third-order valence-electron chi connectivity index (χ3n) is 7.61. The predicted octanol–water partition coefficient (Wildman–Crippen LogP) is 6.84. The lowest BCUT2D eigenvalue weighted by atomic mass is 9.99. The Labute approximate surface area is 240 Å². The number of hydrogen-bond donors (Lipinski definition) is 2. The fourth-order valence-corrected chi connectivity index (χ4v) is 5.73. The second kappa shape index (κ2) is 11.1. The van der Waals surface area contributed by atoms with Crippen molar-refractivity contribution in [3.63, 3.8) is 0 Å². The molecule has 5 rings (SSSR count). The SMILES string of the molecule is C=C(NCc1ccc(S(C)(=O)=O)cc1)c1ccc2c(c1)c(C)c(C)n2Cc1ccc(-c2ccccc2C(=O)O)cc1. The second-order valence-electron chi connectivity index (χ2n) is 10.3. The largest absolute Gasteiger partial charge is 0.478 e. The van der Waals surface area contributed by atoms with E-state index in [2.05, 4.69) is 60.6 Å². The number of sulfone groups is 1. The standard InChI is InChI=1S/C34H32N2O4S/c1-22-24(3)36(21-26-9-13-27(14-10-26)30-7-5-6-8-31(30)34(37)38)33-18-15-28(19-32(22)33)23(2)35-20-25-11-16-29(17-12-25)41(4,39)40/h5-19,35H,2,20-21H2,1,3-4H3,(H,37,38). The number of hydrogen-bond acceptors (Lipinski definition) is 4. The lowest BCUT2D eigenvalue weighted by Gasteiger charge is -2.12. The van der Waals surface area contributed by atoms with Crippen LogP contribution in [0.5, 0.6) is 0 Å². The minimum Gasteiger partial charge on any atom is -0.478 e. The van der Waals surface area contributed by atoms with E-state index in [0.29, 0.717) is 29.1 Å². The summed E-state index contributed by atoms with van der Waals surface area (Å²) in [6.07, 6.45) is 1.20. The van der Waals surface area contributed by atoms with Crippen LogP contribution in [0.1, 0.15) is 38.3 Å². The van der Waals surface area contributed by atoms with Crippen molar-refractivity contribution in [2.75, 3.05) is 6.26 Å². The van der Waals surface area contributed by atoms with Crippen LogP contribution in [0.2, 0.25) is 0 Å². The number of benzene rings is 4. The second-order valence-corrected chi connectivity index (χ2v) is 12.3. The Morgan fingerprint density at radius 3 is 2.22 bits per heavy atom. The molecule has 5 aromatic rings. The molecule has 0 atom stereocenters. The molecule has 1 aromatic heterocycles. The van der Waals surface area contributed by atoms with E-state index in [1.807, 2.05) is 36.4 Å². The summed E-state index contributed by atoms with van der Waals surface area (Å²) < 4.78 is 25.7. The summed E-state index contributed by atoms with van der Waals surface area (Å²) in [7, 11) is -3.22. The van der Waals surface area contributed by atoms with Gasteiger partial charge in [0.25, 0.3) is 0 Å². The number of carboxylic acid groups (broad SMARTS) is 1. The topological polar surface area (TPSA) is 88.4 Å². The highest BCUT2D eigenvalue weighted by atomic mass is 32.2. The summed E-state index contributed by atoms with van der Waals surface area (Å²) in [5.74, 6) is -0.935. The van der Waals surface area contributed by atoms with E-state index in [4.69, 9.17) is 0 Å². The van der Waals surface area contributed by atoms with Crippen molar-refractivity contribution in [3.05, 3.63) is 131 Å². The van der Waals surface area contributed by atoms with Crippen LogP contribution in [0, 0.1) is 13.8 Å². The van der Waals surface area contributed by atoms with Crippen molar-refractivity contribution in [1.82, 2.24) is 9.88 Å². The van der Waals surface area contributed by atoms with Crippen LogP contribution in [0.3, 0.4) is 0 Å². The molecule has 7 heteroatoms. The Balaban J connectivity index is 1.34. The first-order valence-electron chi connectivity index (χ1n) is 13.3. The first-order chi connectivity index (χ1) is 19.5. The zero-order valence-electron chi connectivity index (χ0n) is 23.3. The van der Waals surface area contributed by atoms with Crippen LogP contribution in [0.15, 0.2) is 102 Å². The van der Waals surface area contributed by atoms with Gasteiger partial charge in [0.15, 0.2) is 9.84 Å². The summed E-state index contributed by atoms with van der Waals surface area (Å²) in [6.45, 7) is 9.71. The summed E-state index contributed by atoms with van der Waals surface area (Å²) in [5, 5.41) is 14.1. The summed E-state index contributed by atoms with van der Waals surface area (Å²) in [5.41, 5.74) is 9.27. The number of nitrogens with one attached hydrogen (secondary N) is 1. The maximum Gasteiger partial charge on any atom is 0.336 e. The van der Waals surface area contributed by atoms with Crippen molar-refractivity contribution in [2.45, 2.75) is 31.8 Å². The molecule has 0 fully saturated rings. The molecule has 41 heavy (non-hydrogen) atoms. The van der Waals surface area contributed by atoms with E-state index < -0.39 is 15.8 Å². The smallest absolute Gasteiger partial charge is 0.336 e. The number of fused-ring (bicyclic) bond motifs is 1. The van der Waals surface area contributed by atoms with Gasteiger partial charge in [0.1, 0.15) is 0 Å². The molecule has 1 heterocycles. The summed E-state index contributed by atoms with van der Waals surface area (Å²) >= 11 is 0. The van der Waals surface area contributed by atoms with Gasteiger partial charge < -0.3 is 15.0 Å². The van der Waals surface area contributed by atoms with Crippen molar-refractivity contribution in [1.29, 1.82) is 0 Å². The van der Waals surface area contributed by atoms with Gasteiger partial charge in [-0.2, -0.15) is 0 Å². The molecule has 0 saturated carbocycles. The van der Waals surface area contributed by atoms with Gasteiger partial charge in [0.05, 0.1) is 10.5 Å². The van der Waals surface area contributed by atoms with E-state index >= 15 is 0 Å². The first kappa shape index (κ1) is 27.9. The summed E-state index contributed by atoms with van der Waals surface area (Å²) in [4.78, 5) is 12.0. The molecular weight excluding hydrogens is 532 g/mol. The minimum absolute atomic E-state index is 0.292. The van der Waals surface area contributed by atoms with Crippen molar-refractivity contribution < 1.29 is 18.3 Å². The third kappa shape index (κ3) is 5.81. The Bertz CT molecular complexity index is 1880. The molecule has 0 radical (unpaired) electrons. The molecular formula is C34H32N2O4S. The van der Waals surface area contributed by atoms with E-state index in [0.717, 1.165) is 38.9 Å². The van der Waals surface area contributed by atoms with Crippen LogP contribution in [0.25, 0.3) is 27.7 Å². The number of rotatable bonds is 9. The maximum atomic E-state index is 11.7. The van der Waals surface area contributed by atoms with Crippen LogP contribution in [0.4, 0.5) is 0 Å². The van der Waals surface area contributed by atoms with E-state index in [-0.39, 0.29) is 0 Å². The van der Waals surface area contributed by atoms with Crippen LogP contribution < -0.4 is 5.32 Å². The van der Waals surface area contributed by atoms with Gasteiger partial charge in [-0.3, -0.25) is 0 Å². The van der Waals surface area contributed by atoms with Crippen molar-refractivity contribution in [3.8, 4) is 11.1 Å². The van der Waals surface area contributed by atoms with Gasteiger partial charge in [0.2, 0.25) is 0 Å². The van der Waals surface area contributed by atoms with E-state index in [1.165, 1.54) is 17.5 Å². The van der Waals surface area contributed by atoms with Crippen LogP contribution in [-0.4, -0.2) is 30.3 Å². The van der Waals surface area contributed by atoms with Gasteiger partial charge in [-0.05, 0) is 77.6 Å². The molecule has 4 aromatic carbocycles. The quantitative estimate of drug-likeness (QED) is 0.205. The number of aromatic nitrogens is 1. The molecule has 208 valence electrons. The molecule has 0 amide bonds. The monoisotopic (exact) mass is 564 g/mol. The van der Waals surface area contributed by atoms with Gasteiger partial charge in [-0.25, -0.2) is 13.2 Å². The molecule has 0 spiro atoms. The highest BCUT2D eigenvalue weighted by molar-refractivity contribution is 7.90. The fourth-order valence-electron chi connectivity index (χ4n) is 5.10. The molecule has 0 bridgehead atoms. The Morgan fingerprint density at radius 2 is 1.56 bits per heavy atom. The molecule has 2 N–H and O–H groups in total. The Kier molecular flexibility index (Phi) is 7.56. The molecule has 0 aliphatic heterocycles. The van der Waals surface area contributed by atoms with Crippen molar-refractivity contribution >= 4 is 32.4 Å². The predicted molar refractivity (Wildman–Crippen MR) is 165 cm³/mol. The first-order valence-corrected chi connectivity index (χ1v) is 15.2. The number of carbonyl (C=O) groups is 1. The molecule has 6 nitrogen and oxygen atoms in total. The maximum absolute atomic E-state index is 11.7. The summed E-state index contributed by atoms with van der Waals surface area (Å²) in [6, 6.07) is 28.3. The van der Waals surface area contributed by atoms with Gasteiger partial charge in [-0.15, -0.1) is 0 Å². The van der Waals surface area contributed by atoms with Gasteiger partial charge in [0, 0.05) is 41.6 Å². The lowest BCUT2D eigenvalue weighted by Crippen LogP contribution is -2.11. The lowest BCUT2D eigenvalue weighted by molar-refractivity contribution is 0.0697. The fraction of sp³-hybridized carbons (Fsp3) is 0.147. The Hall–Kier alpha value is -4.62. The van der Waals surface area contributed by atoms with Gasteiger partial charge >= 0.3 is 5.97 Å². The normalized spacial score (nSPS) is 11.5. The average Bonchev–Trinajstić information content (AvgIpc) is 3.20. The minimum atomic E-state index is -3.22. The molecule has 0 saturated heterocycles. The van der Waals surface area contributed by atoms with Crippen LogP contribution in [-0.2, 0) is 22.9 Å². The van der Waals surface area contributed by atoms with E-state index in [1.54, 1.807) is 24.3 Å². The number of carboxylic acids is 1. The Morgan fingerprint density at radius 1 is 0.902 bits per heavy atom.